The molecule has 0 aliphatic rings. The Morgan fingerprint density at radius 2 is 2.31 bits per heavy atom. The van der Waals surface area contributed by atoms with Crippen molar-refractivity contribution in [2.75, 3.05) is 7.05 Å². The highest BCUT2D eigenvalue weighted by Gasteiger charge is 2.11. The molecule has 2 rings (SSSR count). The van der Waals surface area contributed by atoms with Crippen LogP contribution in [0.3, 0.4) is 0 Å². The summed E-state index contributed by atoms with van der Waals surface area (Å²) in [6.07, 6.45) is 2.78. The third kappa shape index (κ3) is 2.65. The van der Waals surface area contributed by atoms with E-state index in [0.717, 1.165) is 17.9 Å². The minimum atomic E-state index is 0.260. The van der Waals surface area contributed by atoms with Crippen molar-refractivity contribution in [3.63, 3.8) is 0 Å². The molecule has 0 saturated heterocycles. The molecule has 0 radical (unpaired) electrons. The summed E-state index contributed by atoms with van der Waals surface area (Å²) in [5.41, 5.74) is 2.40. The Bertz CT molecular complexity index is 439. The molecular formula is C12H15N3S. The van der Waals surface area contributed by atoms with Gasteiger partial charge in [0.1, 0.15) is 5.82 Å². The van der Waals surface area contributed by atoms with E-state index in [2.05, 4.69) is 32.1 Å². The maximum Gasteiger partial charge on any atom is 0.125 e. The molecule has 0 aliphatic carbocycles. The third-order valence-corrected chi connectivity index (χ3v) is 3.26. The number of rotatable bonds is 4. The number of aryl methyl sites for hydroxylation is 1. The molecule has 0 aromatic carbocycles. The summed E-state index contributed by atoms with van der Waals surface area (Å²) in [5, 5.41) is 7.58. The SMILES string of the molecule is CNC(Cc1ccsc1)c1ccnc(C)n1. The van der Waals surface area contributed by atoms with Gasteiger partial charge in [0, 0.05) is 6.20 Å². The number of hydrogen-bond acceptors (Lipinski definition) is 4. The minimum absolute atomic E-state index is 0.260. The van der Waals surface area contributed by atoms with E-state index in [9.17, 15) is 0 Å². The van der Waals surface area contributed by atoms with E-state index in [4.69, 9.17) is 0 Å². The van der Waals surface area contributed by atoms with Gasteiger partial charge in [0.15, 0.2) is 0 Å². The zero-order chi connectivity index (χ0) is 11.4. The van der Waals surface area contributed by atoms with Gasteiger partial charge in [0.05, 0.1) is 11.7 Å². The predicted molar refractivity (Wildman–Crippen MR) is 66.6 cm³/mol. The highest BCUT2D eigenvalue weighted by molar-refractivity contribution is 7.07. The van der Waals surface area contributed by atoms with Crippen molar-refractivity contribution in [2.24, 2.45) is 0 Å². The molecule has 0 aliphatic heterocycles. The van der Waals surface area contributed by atoms with Crippen molar-refractivity contribution in [1.29, 1.82) is 0 Å². The molecule has 1 unspecified atom stereocenters. The molecule has 3 nitrogen and oxygen atoms in total. The second kappa shape index (κ2) is 5.18. The van der Waals surface area contributed by atoms with Crippen molar-refractivity contribution in [1.82, 2.24) is 15.3 Å². The Morgan fingerprint density at radius 3 is 2.94 bits per heavy atom. The Labute approximate surface area is 99.6 Å². The number of likely N-dealkylation sites (N-methyl/N-ethyl adjacent to an activating group) is 1. The maximum absolute atomic E-state index is 4.45. The van der Waals surface area contributed by atoms with Crippen LogP contribution >= 0.6 is 11.3 Å². The molecule has 2 heterocycles. The van der Waals surface area contributed by atoms with Gasteiger partial charge >= 0.3 is 0 Å². The smallest absolute Gasteiger partial charge is 0.125 e. The molecule has 2 aromatic rings. The van der Waals surface area contributed by atoms with Crippen LogP contribution in [0.25, 0.3) is 0 Å². The molecule has 0 fully saturated rings. The van der Waals surface area contributed by atoms with Crippen LogP contribution < -0.4 is 5.32 Å². The van der Waals surface area contributed by atoms with Crippen LogP contribution in [-0.2, 0) is 6.42 Å². The van der Waals surface area contributed by atoms with E-state index in [1.807, 2.05) is 26.2 Å². The molecule has 16 heavy (non-hydrogen) atoms. The second-order valence-electron chi connectivity index (χ2n) is 3.71. The van der Waals surface area contributed by atoms with Crippen molar-refractivity contribution in [3.8, 4) is 0 Å². The van der Waals surface area contributed by atoms with Crippen molar-refractivity contribution in [3.05, 3.63) is 46.2 Å². The van der Waals surface area contributed by atoms with Gasteiger partial charge in [-0.2, -0.15) is 11.3 Å². The first kappa shape index (κ1) is 11.2. The molecule has 84 valence electrons. The molecule has 4 heteroatoms. The molecule has 0 bridgehead atoms. The summed E-state index contributed by atoms with van der Waals surface area (Å²) >= 11 is 1.73. The molecule has 1 N–H and O–H groups in total. The van der Waals surface area contributed by atoms with Crippen LogP contribution in [-0.4, -0.2) is 17.0 Å². The fraction of sp³-hybridized carbons (Fsp3) is 0.333. The zero-order valence-corrected chi connectivity index (χ0v) is 10.3. The van der Waals surface area contributed by atoms with Gasteiger partial charge in [-0.25, -0.2) is 9.97 Å². The van der Waals surface area contributed by atoms with Crippen molar-refractivity contribution >= 4 is 11.3 Å². The van der Waals surface area contributed by atoms with Gasteiger partial charge in [-0.15, -0.1) is 0 Å². The average molecular weight is 233 g/mol. The maximum atomic E-state index is 4.45. The fourth-order valence-corrected chi connectivity index (χ4v) is 2.35. The van der Waals surface area contributed by atoms with Crippen molar-refractivity contribution in [2.45, 2.75) is 19.4 Å². The van der Waals surface area contributed by atoms with E-state index in [0.29, 0.717) is 0 Å². The van der Waals surface area contributed by atoms with Crippen LogP contribution in [0.4, 0.5) is 0 Å². The quantitative estimate of drug-likeness (QED) is 0.881. The monoisotopic (exact) mass is 233 g/mol. The van der Waals surface area contributed by atoms with E-state index in [1.165, 1.54) is 5.56 Å². The molecular weight excluding hydrogens is 218 g/mol. The Morgan fingerprint density at radius 1 is 1.44 bits per heavy atom. The fourth-order valence-electron chi connectivity index (χ4n) is 1.67. The highest BCUT2D eigenvalue weighted by Crippen LogP contribution is 2.17. The first-order chi connectivity index (χ1) is 7.79. The summed E-state index contributed by atoms with van der Waals surface area (Å²) in [4.78, 5) is 8.57. The van der Waals surface area contributed by atoms with Gasteiger partial charge in [-0.05, 0) is 48.8 Å². The minimum Gasteiger partial charge on any atom is -0.311 e. The van der Waals surface area contributed by atoms with E-state index < -0.39 is 0 Å². The summed E-state index contributed by atoms with van der Waals surface area (Å²) in [6.45, 7) is 1.92. The van der Waals surface area contributed by atoms with E-state index >= 15 is 0 Å². The van der Waals surface area contributed by atoms with Gasteiger partial charge in [-0.3, -0.25) is 0 Å². The van der Waals surface area contributed by atoms with Gasteiger partial charge in [0.2, 0.25) is 0 Å². The average Bonchev–Trinajstić information content (AvgIpc) is 2.78. The van der Waals surface area contributed by atoms with Gasteiger partial charge in [-0.1, -0.05) is 0 Å². The second-order valence-corrected chi connectivity index (χ2v) is 4.49. The lowest BCUT2D eigenvalue weighted by molar-refractivity contribution is 0.573. The van der Waals surface area contributed by atoms with E-state index in [1.54, 1.807) is 11.3 Å². The highest BCUT2D eigenvalue weighted by atomic mass is 32.1. The summed E-state index contributed by atoms with van der Waals surface area (Å²) < 4.78 is 0. The van der Waals surface area contributed by atoms with Gasteiger partial charge in [0.25, 0.3) is 0 Å². The zero-order valence-electron chi connectivity index (χ0n) is 9.47. The standard InChI is InChI=1S/C12H15N3S/c1-9-14-5-3-11(15-9)12(13-2)7-10-4-6-16-8-10/h3-6,8,12-13H,7H2,1-2H3. The van der Waals surface area contributed by atoms with Crippen LogP contribution in [0.15, 0.2) is 29.1 Å². The first-order valence-electron chi connectivity index (χ1n) is 5.27. The Kier molecular flexibility index (Phi) is 3.64. The normalized spacial score (nSPS) is 12.6. The van der Waals surface area contributed by atoms with Crippen LogP contribution in [0.2, 0.25) is 0 Å². The summed E-state index contributed by atoms with van der Waals surface area (Å²) in [7, 11) is 1.97. The Balaban J connectivity index is 2.16. The third-order valence-electron chi connectivity index (χ3n) is 2.52. The molecule has 0 spiro atoms. The lowest BCUT2D eigenvalue weighted by Crippen LogP contribution is -2.20. The Hall–Kier alpha value is -1.26. The lowest BCUT2D eigenvalue weighted by Gasteiger charge is -2.14. The number of thiophene rings is 1. The molecule has 2 aromatic heterocycles. The summed E-state index contributed by atoms with van der Waals surface area (Å²) in [6, 6.07) is 4.39. The molecule has 0 saturated carbocycles. The lowest BCUT2D eigenvalue weighted by atomic mass is 10.1. The van der Waals surface area contributed by atoms with Crippen LogP contribution in [0, 0.1) is 6.92 Å². The van der Waals surface area contributed by atoms with Gasteiger partial charge < -0.3 is 5.32 Å². The first-order valence-corrected chi connectivity index (χ1v) is 6.22. The topological polar surface area (TPSA) is 37.8 Å². The largest absolute Gasteiger partial charge is 0.311 e. The number of nitrogens with one attached hydrogen (secondary N) is 1. The number of nitrogens with zero attached hydrogens (tertiary/aromatic N) is 2. The summed E-state index contributed by atoms with van der Waals surface area (Å²) in [5.74, 6) is 0.822. The van der Waals surface area contributed by atoms with Crippen molar-refractivity contribution < 1.29 is 0 Å². The number of hydrogen-bond donors (Lipinski definition) is 1. The molecule has 0 amide bonds. The van der Waals surface area contributed by atoms with Crippen LogP contribution in [0.1, 0.15) is 23.1 Å². The van der Waals surface area contributed by atoms with E-state index in [-0.39, 0.29) is 6.04 Å². The van der Waals surface area contributed by atoms with Crippen LogP contribution in [0.5, 0.6) is 0 Å². The number of aromatic nitrogens is 2. The predicted octanol–water partition coefficient (Wildman–Crippen LogP) is 2.35. The molecule has 1 atom stereocenters.